The van der Waals surface area contributed by atoms with Crippen molar-refractivity contribution in [3.8, 4) is 0 Å². The Bertz CT molecular complexity index is 1210. The smallest absolute Gasteiger partial charge is 0.347 e. The van der Waals surface area contributed by atoms with Crippen LogP contribution in [0.25, 0.3) is 0 Å². The minimum atomic E-state index is -1.47. The molecule has 0 heterocycles. The number of aliphatic hydroxyl groups excluding tert-OH is 3. The summed E-state index contributed by atoms with van der Waals surface area (Å²) in [6.45, 7) is 6.16. The number of fused-ring (bicyclic) bond motifs is 1. The van der Waals surface area contributed by atoms with Gasteiger partial charge in [-0.2, -0.15) is 0 Å². The number of carboxylic acid groups (broad SMARTS) is 1. The van der Waals surface area contributed by atoms with Crippen LogP contribution in [0.3, 0.4) is 0 Å². The molecule has 2 aliphatic carbocycles. The summed E-state index contributed by atoms with van der Waals surface area (Å²) >= 11 is 0. The van der Waals surface area contributed by atoms with E-state index in [1.807, 2.05) is 26.0 Å². The van der Waals surface area contributed by atoms with Gasteiger partial charge in [-0.1, -0.05) is 39.0 Å². The molecule has 48 heavy (non-hydrogen) atoms. The maximum Gasteiger partial charge on any atom is 0.347 e. The third-order valence-corrected chi connectivity index (χ3v) is 8.42. The summed E-state index contributed by atoms with van der Waals surface area (Å²) in [6.07, 6.45) is 0.324. The quantitative estimate of drug-likeness (QED) is 0.118. The van der Waals surface area contributed by atoms with Crippen molar-refractivity contribution in [2.75, 3.05) is 13.2 Å². The number of aliphatic hydroxyl groups is 3. The molecule has 0 aromatic heterocycles. The number of carbonyl (C=O) groups is 6. The van der Waals surface area contributed by atoms with Crippen molar-refractivity contribution in [2.24, 2.45) is 23.7 Å². The monoisotopic (exact) mass is 684 g/mol. The number of carbonyl (C=O) groups excluding carboxylic acids is 5. The zero-order chi connectivity index (χ0) is 36.1. The van der Waals surface area contributed by atoms with Crippen LogP contribution in [0.15, 0.2) is 23.8 Å². The first-order valence-electron chi connectivity index (χ1n) is 16.1. The topological polar surface area (TPSA) is 229 Å². The Hall–Kier alpha value is -3.82. The number of allylic oxidation sites excluding steroid dienone is 2. The van der Waals surface area contributed by atoms with Crippen LogP contribution in [0.1, 0.15) is 73.1 Å². The average molecular weight is 685 g/mol. The highest BCUT2D eigenvalue weighted by molar-refractivity contribution is 5.83. The van der Waals surface area contributed by atoms with Gasteiger partial charge in [0.15, 0.2) is 25.4 Å². The number of hydrogen-bond acceptors (Lipinski definition) is 14. The third kappa shape index (κ3) is 13.0. The van der Waals surface area contributed by atoms with Crippen molar-refractivity contribution < 1.29 is 72.9 Å². The van der Waals surface area contributed by atoms with Crippen molar-refractivity contribution >= 4 is 35.8 Å². The molecule has 0 aromatic carbocycles. The molecule has 0 aromatic rings. The number of carboxylic acids is 1. The lowest BCUT2D eigenvalue weighted by atomic mass is 9.66. The number of hydrogen-bond donors (Lipinski definition) is 4. The van der Waals surface area contributed by atoms with Gasteiger partial charge in [0.05, 0.1) is 30.7 Å². The maximum atomic E-state index is 12.6. The first kappa shape index (κ1) is 40.4. The Morgan fingerprint density at radius 1 is 0.896 bits per heavy atom. The molecular weight excluding hydrogens is 636 g/mol. The minimum Gasteiger partial charge on any atom is -0.479 e. The molecule has 0 bridgehead atoms. The van der Waals surface area contributed by atoms with E-state index in [0.29, 0.717) is 12.8 Å². The van der Waals surface area contributed by atoms with Gasteiger partial charge in [0.25, 0.3) is 0 Å². The van der Waals surface area contributed by atoms with Gasteiger partial charge in [-0.05, 0) is 56.9 Å². The molecular formula is C33H48O15. The van der Waals surface area contributed by atoms with Crippen LogP contribution in [0, 0.1) is 23.7 Å². The fraction of sp³-hybridized carbons (Fsp3) is 0.697. The van der Waals surface area contributed by atoms with Gasteiger partial charge in [-0.15, -0.1) is 0 Å². The molecule has 270 valence electrons. The average Bonchev–Trinajstić information content (AvgIpc) is 3.01. The van der Waals surface area contributed by atoms with E-state index in [0.717, 1.165) is 19.4 Å². The van der Waals surface area contributed by atoms with Gasteiger partial charge >= 0.3 is 35.8 Å². The van der Waals surface area contributed by atoms with E-state index in [1.54, 1.807) is 13.0 Å². The van der Waals surface area contributed by atoms with Crippen molar-refractivity contribution in [3.63, 3.8) is 0 Å². The molecule has 10 atom stereocenters. The molecule has 0 saturated carbocycles. The van der Waals surface area contributed by atoms with Gasteiger partial charge in [-0.25, -0.2) is 19.2 Å². The Balaban J connectivity index is 1.77. The van der Waals surface area contributed by atoms with Crippen LogP contribution >= 0.6 is 0 Å². The van der Waals surface area contributed by atoms with E-state index in [-0.39, 0.29) is 48.9 Å². The fourth-order valence-electron chi connectivity index (χ4n) is 5.49. The van der Waals surface area contributed by atoms with Crippen LogP contribution in [-0.2, 0) is 52.5 Å². The molecule has 15 nitrogen and oxygen atoms in total. The van der Waals surface area contributed by atoms with E-state index in [1.165, 1.54) is 0 Å². The molecule has 0 aliphatic heterocycles. The SMILES string of the molecule is CCC(C)C(=O)OC1CC(O)C=C2C=CC(C)C(CCC(O)CC(O)CC(=O)OCC(=O)OCC(=O)OC(C)C(=O)OC(C)C(=O)O)C21. The molecule has 0 radical (unpaired) electrons. The minimum absolute atomic E-state index is 0.0128. The zero-order valence-electron chi connectivity index (χ0n) is 27.9. The first-order valence-corrected chi connectivity index (χ1v) is 16.1. The predicted octanol–water partition coefficient (Wildman–Crippen LogP) is 1.39. The summed E-state index contributed by atoms with van der Waals surface area (Å²) in [5, 5.41) is 40.2. The third-order valence-electron chi connectivity index (χ3n) is 8.42. The maximum absolute atomic E-state index is 12.6. The van der Waals surface area contributed by atoms with Crippen LogP contribution in [0.5, 0.6) is 0 Å². The predicted molar refractivity (Wildman–Crippen MR) is 164 cm³/mol. The van der Waals surface area contributed by atoms with Gasteiger partial charge in [0.2, 0.25) is 0 Å². The van der Waals surface area contributed by atoms with Crippen molar-refractivity contribution in [1.82, 2.24) is 0 Å². The largest absolute Gasteiger partial charge is 0.479 e. The molecule has 15 heteroatoms. The molecule has 0 saturated heterocycles. The van der Waals surface area contributed by atoms with Crippen LogP contribution in [0.4, 0.5) is 0 Å². The molecule has 0 spiro atoms. The standard InChI is InChI=1S/C33H48O15/c1-6-17(2)32(42)48-26-13-23(35)11-21-8-7-18(3)25(30(21)26)10-9-22(34)12-24(36)14-27(37)44-15-28(38)45-16-29(39)46-20(5)33(43)47-19(4)31(40)41/h7-8,11,17-20,22-26,30,34-36H,6,9-10,12-16H2,1-5H3,(H,40,41). The highest BCUT2D eigenvalue weighted by atomic mass is 16.6. The molecule has 4 N–H and O–H groups in total. The van der Waals surface area contributed by atoms with Gasteiger partial charge in [-0.3, -0.25) is 9.59 Å². The van der Waals surface area contributed by atoms with Crippen molar-refractivity contribution in [1.29, 1.82) is 0 Å². The van der Waals surface area contributed by atoms with Crippen LogP contribution in [-0.4, -0.2) is 106 Å². The van der Waals surface area contributed by atoms with Crippen molar-refractivity contribution in [2.45, 2.75) is 110 Å². The second kappa shape index (κ2) is 19.2. The Labute approximate surface area is 279 Å². The lowest BCUT2D eigenvalue weighted by Gasteiger charge is -2.43. The summed E-state index contributed by atoms with van der Waals surface area (Å²) < 4.78 is 24.5. The fourth-order valence-corrected chi connectivity index (χ4v) is 5.49. The van der Waals surface area contributed by atoms with E-state index in [2.05, 4.69) is 9.47 Å². The number of aliphatic carboxylic acids is 1. The molecule has 10 unspecified atom stereocenters. The summed E-state index contributed by atoms with van der Waals surface area (Å²) in [4.78, 5) is 70.8. The molecule has 2 rings (SSSR count). The first-order chi connectivity index (χ1) is 22.5. The number of esters is 5. The second-order valence-electron chi connectivity index (χ2n) is 12.4. The summed E-state index contributed by atoms with van der Waals surface area (Å²) in [7, 11) is 0. The molecule has 0 fully saturated rings. The Morgan fingerprint density at radius 3 is 2.19 bits per heavy atom. The van der Waals surface area contributed by atoms with E-state index in [4.69, 9.17) is 19.3 Å². The normalized spacial score (nSPS) is 24.8. The van der Waals surface area contributed by atoms with E-state index < -0.39 is 86.1 Å². The summed E-state index contributed by atoms with van der Waals surface area (Å²) in [5.74, 6) is -6.40. The highest BCUT2D eigenvalue weighted by Gasteiger charge is 2.42. The second-order valence-corrected chi connectivity index (χ2v) is 12.4. The lowest BCUT2D eigenvalue weighted by Crippen LogP contribution is -2.43. The lowest BCUT2D eigenvalue weighted by molar-refractivity contribution is -0.178. The van der Waals surface area contributed by atoms with E-state index >= 15 is 0 Å². The summed E-state index contributed by atoms with van der Waals surface area (Å²) in [6, 6.07) is 0. The van der Waals surface area contributed by atoms with E-state index in [9.17, 15) is 44.1 Å². The van der Waals surface area contributed by atoms with Crippen LogP contribution < -0.4 is 0 Å². The molecule has 2 aliphatic rings. The molecule has 0 amide bonds. The Morgan fingerprint density at radius 2 is 1.54 bits per heavy atom. The van der Waals surface area contributed by atoms with Crippen LogP contribution in [0.2, 0.25) is 0 Å². The van der Waals surface area contributed by atoms with Gasteiger partial charge < -0.3 is 44.1 Å². The summed E-state index contributed by atoms with van der Waals surface area (Å²) in [5.41, 5.74) is 0.883. The number of ether oxygens (including phenoxy) is 5. The number of rotatable bonds is 18. The zero-order valence-corrected chi connectivity index (χ0v) is 27.9. The Kier molecular flexibility index (Phi) is 16.2. The highest BCUT2D eigenvalue weighted by Crippen LogP contribution is 2.44. The van der Waals surface area contributed by atoms with Crippen molar-refractivity contribution in [3.05, 3.63) is 23.8 Å². The van der Waals surface area contributed by atoms with Gasteiger partial charge in [0.1, 0.15) is 6.10 Å². The van der Waals surface area contributed by atoms with Gasteiger partial charge in [0, 0.05) is 12.3 Å².